The molecule has 0 aliphatic carbocycles. The first-order valence-corrected chi connectivity index (χ1v) is 10.7. The van der Waals surface area contributed by atoms with E-state index >= 15 is 0 Å². The third-order valence-corrected chi connectivity index (χ3v) is 5.14. The zero-order valence-electron chi connectivity index (χ0n) is 18.8. The zero-order chi connectivity index (χ0) is 25.3. The molecule has 0 radical (unpaired) electrons. The van der Waals surface area contributed by atoms with Gasteiger partial charge in [-0.15, -0.1) is 0 Å². The van der Waals surface area contributed by atoms with Gasteiger partial charge in [0.05, 0.1) is 24.3 Å². The Morgan fingerprint density at radius 1 is 1.26 bits per heavy atom. The van der Waals surface area contributed by atoms with Crippen LogP contribution in [0.5, 0.6) is 0 Å². The molecule has 8 nitrogen and oxygen atoms in total. The number of nitrogens with one attached hydrogen (secondary N) is 2. The Morgan fingerprint density at radius 2 is 1.94 bits per heavy atom. The molecule has 1 aliphatic rings. The lowest BCUT2D eigenvalue weighted by atomic mass is 10.1. The number of hydrogen-bond donors (Lipinski definition) is 3. The Morgan fingerprint density at radius 3 is 2.56 bits per heavy atom. The molecule has 0 unspecified atom stereocenters. The van der Waals surface area contributed by atoms with Crippen molar-refractivity contribution in [3.05, 3.63) is 46.5 Å². The summed E-state index contributed by atoms with van der Waals surface area (Å²) in [6.45, 7) is 4.78. The lowest BCUT2D eigenvalue weighted by Crippen LogP contribution is -2.38. The molecular weight excluding hydrogens is 460 g/mol. The van der Waals surface area contributed by atoms with Gasteiger partial charge in [0.15, 0.2) is 6.61 Å². The third-order valence-electron chi connectivity index (χ3n) is 5.14. The smallest absolute Gasteiger partial charge is 0.419 e. The number of benzene rings is 1. The van der Waals surface area contributed by atoms with Gasteiger partial charge in [0, 0.05) is 25.3 Å². The molecule has 34 heavy (non-hydrogen) atoms. The van der Waals surface area contributed by atoms with Crippen LogP contribution in [0, 0.1) is 11.2 Å². The summed E-state index contributed by atoms with van der Waals surface area (Å²) < 4.78 is 62.9. The molecule has 0 spiro atoms. The molecule has 0 amide bonds. The average molecular weight is 488 g/mol. The molecule has 1 saturated heterocycles. The number of alkyl halides is 3. The highest BCUT2D eigenvalue weighted by atomic mass is 19.4. The summed E-state index contributed by atoms with van der Waals surface area (Å²) in [5, 5.41) is 10.9. The molecule has 12 heteroatoms. The second kappa shape index (κ2) is 12.5. The van der Waals surface area contributed by atoms with E-state index in [1.807, 2.05) is 0 Å². The molecule has 188 valence electrons. The van der Waals surface area contributed by atoms with E-state index in [2.05, 4.69) is 10.2 Å². The molecule has 0 saturated carbocycles. The van der Waals surface area contributed by atoms with Crippen molar-refractivity contribution in [3.8, 4) is 0 Å². The topological polar surface area (TPSA) is 118 Å². The SMILES string of the molecule is CCC(=N)/C(C(=O)OCC(=O)c1cccc(C(F)(F)F)c1F)=C(/N)NCCCN1CCOCC1. The van der Waals surface area contributed by atoms with E-state index in [1.54, 1.807) is 6.92 Å². The van der Waals surface area contributed by atoms with E-state index in [-0.39, 0.29) is 23.5 Å². The van der Waals surface area contributed by atoms with E-state index in [4.69, 9.17) is 20.6 Å². The van der Waals surface area contributed by atoms with E-state index in [9.17, 15) is 27.2 Å². The van der Waals surface area contributed by atoms with Crippen molar-refractivity contribution in [3.63, 3.8) is 0 Å². The maximum absolute atomic E-state index is 14.2. The van der Waals surface area contributed by atoms with Crippen LogP contribution in [-0.4, -0.2) is 68.4 Å². The largest absolute Gasteiger partial charge is 0.454 e. The zero-order valence-corrected chi connectivity index (χ0v) is 18.8. The van der Waals surface area contributed by atoms with Crippen LogP contribution < -0.4 is 11.1 Å². The second-order valence-electron chi connectivity index (χ2n) is 7.52. The van der Waals surface area contributed by atoms with E-state index in [0.29, 0.717) is 32.2 Å². The van der Waals surface area contributed by atoms with Gasteiger partial charge in [-0.25, -0.2) is 9.18 Å². The fourth-order valence-corrected chi connectivity index (χ4v) is 3.26. The molecule has 0 atom stereocenters. The van der Waals surface area contributed by atoms with E-state index in [1.165, 1.54) is 0 Å². The first-order valence-electron chi connectivity index (χ1n) is 10.7. The van der Waals surface area contributed by atoms with Gasteiger partial charge >= 0.3 is 12.1 Å². The van der Waals surface area contributed by atoms with Crippen molar-refractivity contribution >= 4 is 17.5 Å². The molecule has 1 fully saturated rings. The van der Waals surface area contributed by atoms with Crippen LogP contribution in [0.2, 0.25) is 0 Å². The number of rotatable bonds is 11. The highest BCUT2D eigenvalue weighted by Crippen LogP contribution is 2.32. The number of nitrogens with zero attached hydrogens (tertiary/aromatic N) is 1. The standard InChI is InChI=1S/C22H28F4N4O4/c1-2-16(27)18(20(28)29-7-4-8-30-9-11-33-12-10-30)21(32)34-13-17(31)14-5-3-6-15(19(14)23)22(24,25)26/h3,5-6,27,29H,2,4,7-13,28H2,1H3/b20-18+,27-16?. The third kappa shape index (κ3) is 7.52. The normalized spacial score (nSPS) is 15.4. The minimum Gasteiger partial charge on any atom is -0.454 e. The Bertz CT molecular complexity index is 928. The van der Waals surface area contributed by atoms with Crippen molar-refractivity contribution in [2.24, 2.45) is 5.73 Å². The molecular formula is C22H28F4N4O4. The number of ether oxygens (including phenoxy) is 2. The average Bonchev–Trinajstić information content (AvgIpc) is 2.80. The van der Waals surface area contributed by atoms with Crippen LogP contribution in [0.4, 0.5) is 17.6 Å². The predicted octanol–water partition coefficient (Wildman–Crippen LogP) is 2.48. The molecule has 2 rings (SSSR count). The van der Waals surface area contributed by atoms with Gasteiger partial charge in [-0.1, -0.05) is 13.0 Å². The minimum atomic E-state index is -4.98. The number of halogens is 4. The molecule has 1 aromatic rings. The Balaban J connectivity index is 2.00. The van der Waals surface area contributed by atoms with E-state index in [0.717, 1.165) is 31.8 Å². The molecule has 4 N–H and O–H groups in total. The number of carbonyl (C=O) groups excluding carboxylic acids is 2. The highest BCUT2D eigenvalue weighted by molar-refractivity contribution is 6.19. The summed E-state index contributed by atoms with van der Waals surface area (Å²) in [7, 11) is 0. The van der Waals surface area contributed by atoms with Gasteiger partial charge in [0.2, 0.25) is 5.78 Å². The summed E-state index contributed by atoms with van der Waals surface area (Å²) in [5.74, 6) is -4.12. The molecule has 1 aliphatic heterocycles. The Hall–Kier alpha value is -2.99. The fraction of sp³-hybridized carbons (Fsp3) is 0.500. The minimum absolute atomic E-state index is 0.114. The second-order valence-corrected chi connectivity index (χ2v) is 7.52. The van der Waals surface area contributed by atoms with Crippen LogP contribution in [-0.2, 0) is 20.4 Å². The number of Topliss-reactive ketones (excluding diaryl/α,β-unsaturated/α-hetero) is 1. The van der Waals surface area contributed by atoms with Gasteiger partial charge in [-0.2, -0.15) is 13.2 Å². The molecule has 1 aromatic carbocycles. The first-order chi connectivity index (χ1) is 16.1. The van der Waals surface area contributed by atoms with Crippen LogP contribution in [0.15, 0.2) is 29.6 Å². The monoisotopic (exact) mass is 488 g/mol. The van der Waals surface area contributed by atoms with Crippen molar-refractivity contribution in [2.75, 3.05) is 46.0 Å². The summed E-state index contributed by atoms with van der Waals surface area (Å²) in [5.41, 5.74) is 3.06. The maximum Gasteiger partial charge on any atom is 0.419 e. The van der Waals surface area contributed by atoms with Gasteiger partial charge in [-0.05, 0) is 31.5 Å². The van der Waals surface area contributed by atoms with Crippen LogP contribution in [0.1, 0.15) is 35.7 Å². The van der Waals surface area contributed by atoms with E-state index < -0.39 is 41.5 Å². The predicted molar refractivity (Wildman–Crippen MR) is 116 cm³/mol. The molecule has 0 bridgehead atoms. The fourth-order valence-electron chi connectivity index (χ4n) is 3.26. The summed E-state index contributed by atoms with van der Waals surface area (Å²) in [6.07, 6.45) is -4.14. The molecule has 1 heterocycles. The first kappa shape index (κ1) is 27.3. The Kier molecular flexibility index (Phi) is 9.99. The lowest BCUT2D eigenvalue weighted by Gasteiger charge is -2.26. The number of hydrogen-bond acceptors (Lipinski definition) is 8. The number of carbonyl (C=O) groups is 2. The van der Waals surface area contributed by atoms with Gasteiger partial charge in [0.25, 0.3) is 0 Å². The van der Waals surface area contributed by atoms with Crippen molar-refractivity contribution in [1.29, 1.82) is 5.41 Å². The summed E-state index contributed by atoms with van der Waals surface area (Å²) >= 11 is 0. The number of ketones is 1. The van der Waals surface area contributed by atoms with Crippen molar-refractivity contribution < 1.29 is 36.6 Å². The number of morpholine rings is 1. The van der Waals surface area contributed by atoms with Gasteiger partial charge in [-0.3, -0.25) is 9.69 Å². The van der Waals surface area contributed by atoms with Crippen LogP contribution >= 0.6 is 0 Å². The Labute approximate surface area is 194 Å². The van der Waals surface area contributed by atoms with Gasteiger partial charge in [0.1, 0.15) is 17.2 Å². The summed E-state index contributed by atoms with van der Waals surface area (Å²) in [6, 6.07) is 2.26. The quantitative estimate of drug-likeness (QED) is 0.109. The van der Waals surface area contributed by atoms with Crippen LogP contribution in [0.3, 0.4) is 0 Å². The number of esters is 1. The van der Waals surface area contributed by atoms with Crippen molar-refractivity contribution in [1.82, 2.24) is 10.2 Å². The number of nitrogens with two attached hydrogens (primary N) is 1. The van der Waals surface area contributed by atoms with Gasteiger partial charge < -0.3 is 25.9 Å². The van der Waals surface area contributed by atoms with Crippen molar-refractivity contribution in [2.45, 2.75) is 25.9 Å². The lowest BCUT2D eigenvalue weighted by molar-refractivity contribution is -0.140. The molecule has 0 aromatic heterocycles. The van der Waals surface area contributed by atoms with Crippen LogP contribution in [0.25, 0.3) is 0 Å². The summed E-state index contributed by atoms with van der Waals surface area (Å²) in [4.78, 5) is 27.0. The maximum atomic E-state index is 14.2. The highest BCUT2D eigenvalue weighted by Gasteiger charge is 2.35.